The van der Waals surface area contributed by atoms with Gasteiger partial charge in [-0.2, -0.15) is 0 Å². The van der Waals surface area contributed by atoms with Gasteiger partial charge < -0.3 is 19.8 Å². The summed E-state index contributed by atoms with van der Waals surface area (Å²) in [6.45, 7) is 4.92. The number of rotatable bonds is 1. The SMILES string of the molecule is CC1(C)COc2ccc(Br)c3c2B(O[C@@H]3CN)O1.Cl. The van der Waals surface area contributed by atoms with E-state index in [4.69, 9.17) is 19.8 Å². The lowest BCUT2D eigenvalue weighted by molar-refractivity contribution is 0.0281. The predicted octanol–water partition coefficient (Wildman–Crippen LogP) is 1.78. The van der Waals surface area contributed by atoms with Crippen LogP contribution in [0, 0.1) is 0 Å². The van der Waals surface area contributed by atoms with Crippen molar-refractivity contribution in [2.45, 2.75) is 25.6 Å². The highest BCUT2D eigenvalue weighted by Crippen LogP contribution is 2.36. The molecule has 0 aliphatic carbocycles. The van der Waals surface area contributed by atoms with Gasteiger partial charge in [0, 0.05) is 16.5 Å². The number of benzene rings is 1. The third-order valence-corrected chi connectivity index (χ3v) is 3.95. The molecule has 104 valence electrons. The zero-order chi connectivity index (χ0) is 12.9. The van der Waals surface area contributed by atoms with Crippen LogP contribution in [0.3, 0.4) is 0 Å². The molecule has 4 nitrogen and oxygen atoms in total. The Kier molecular flexibility index (Phi) is 4.19. The molecule has 2 aliphatic rings. The second-order valence-electron chi connectivity index (χ2n) is 5.23. The minimum absolute atomic E-state index is 0. The van der Waals surface area contributed by atoms with Crippen LogP contribution in [0.25, 0.3) is 0 Å². The Hall–Kier alpha value is -0.265. The van der Waals surface area contributed by atoms with E-state index in [1.807, 2.05) is 26.0 Å². The van der Waals surface area contributed by atoms with Gasteiger partial charge in [0.1, 0.15) is 12.4 Å². The van der Waals surface area contributed by atoms with Crippen LogP contribution in [-0.2, 0) is 9.31 Å². The zero-order valence-electron chi connectivity index (χ0n) is 10.8. The van der Waals surface area contributed by atoms with Crippen molar-refractivity contribution in [2.75, 3.05) is 13.2 Å². The monoisotopic (exact) mass is 347 g/mol. The van der Waals surface area contributed by atoms with Crippen LogP contribution in [0.15, 0.2) is 16.6 Å². The topological polar surface area (TPSA) is 53.7 Å². The molecular formula is C12H16BBrClNO3. The van der Waals surface area contributed by atoms with Gasteiger partial charge in [0.15, 0.2) is 0 Å². The lowest BCUT2D eigenvalue weighted by atomic mass is 9.77. The molecule has 2 N–H and O–H groups in total. The Balaban J connectivity index is 0.00000133. The number of nitrogens with two attached hydrogens (primary N) is 1. The highest BCUT2D eigenvalue weighted by Gasteiger charge is 2.46. The molecule has 1 aromatic rings. The molecule has 19 heavy (non-hydrogen) atoms. The average molecular weight is 348 g/mol. The van der Waals surface area contributed by atoms with Crippen molar-refractivity contribution in [3.63, 3.8) is 0 Å². The molecule has 0 bridgehead atoms. The molecule has 2 aliphatic heterocycles. The van der Waals surface area contributed by atoms with Gasteiger partial charge in [-0.3, -0.25) is 0 Å². The van der Waals surface area contributed by atoms with E-state index in [2.05, 4.69) is 15.9 Å². The Labute approximate surface area is 127 Å². The van der Waals surface area contributed by atoms with Gasteiger partial charge in [-0.05, 0) is 31.5 Å². The molecule has 0 fully saturated rings. The van der Waals surface area contributed by atoms with Crippen molar-refractivity contribution in [1.82, 2.24) is 0 Å². The summed E-state index contributed by atoms with van der Waals surface area (Å²) in [4.78, 5) is 0. The van der Waals surface area contributed by atoms with Crippen molar-refractivity contribution >= 4 is 40.9 Å². The van der Waals surface area contributed by atoms with Crippen molar-refractivity contribution in [3.8, 4) is 5.75 Å². The van der Waals surface area contributed by atoms with Crippen LogP contribution in [0.2, 0.25) is 0 Å². The molecule has 0 saturated carbocycles. The fraction of sp³-hybridized carbons (Fsp3) is 0.500. The number of hydrogen-bond donors (Lipinski definition) is 1. The highest BCUT2D eigenvalue weighted by atomic mass is 79.9. The summed E-state index contributed by atoms with van der Waals surface area (Å²) in [5.41, 5.74) is 7.42. The van der Waals surface area contributed by atoms with Crippen molar-refractivity contribution in [2.24, 2.45) is 5.73 Å². The smallest absolute Gasteiger partial charge is 0.491 e. The fourth-order valence-corrected chi connectivity index (χ4v) is 3.01. The van der Waals surface area contributed by atoms with Gasteiger partial charge in [0.2, 0.25) is 0 Å². The lowest BCUT2D eigenvalue weighted by Gasteiger charge is -2.25. The zero-order valence-corrected chi connectivity index (χ0v) is 13.2. The molecule has 0 amide bonds. The van der Waals surface area contributed by atoms with Crippen LogP contribution in [0.5, 0.6) is 5.75 Å². The molecular weight excluding hydrogens is 332 g/mol. The van der Waals surface area contributed by atoms with E-state index >= 15 is 0 Å². The van der Waals surface area contributed by atoms with Gasteiger partial charge in [0.05, 0.1) is 11.7 Å². The summed E-state index contributed by atoms with van der Waals surface area (Å²) in [5.74, 6) is 0.833. The molecule has 1 aromatic carbocycles. The molecule has 0 saturated heterocycles. The fourth-order valence-electron chi connectivity index (χ4n) is 2.41. The first-order valence-corrected chi connectivity index (χ1v) is 6.79. The highest BCUT2D eigenvalue weighted by molar-refractivity contribution is 9.10. The average Bonchev–Trinajstić information content (AvgIpc) is 2.61. The molecule has 0 spiro atoms. The van der Waals surface area contributed by atoms with Gasteiger partial charge in [0.25, 0.3) is 0 Å². The molecule has 1 atom stereocenters. The van der Waals surface area contributed by atoms with Crippen LogP contribution in [0.1, 0.15) is 25.5 Å². The minimum Gasteiger partial charge on any atom is -0.491 e. The van der Waals surface area contributed by atoms with Gasteiger partial charge in [-0.25, -0.2) is 0 Å². The van der Waals surface area contributed by atoms with Gasteiger partial charge in [-0.15, -0.1) is 12.4 Å². The molecule has 3 rings (SSSR count). The maximum atomic E-state index is 5.99. The van der Waals surface area contributed by atoms with Crippen molar-refractivity contribution in [1.29, 1.82) is 0 Å². The Bertz CT molecular complexity index is 500. The first-order chi connectivity index (χ1) is 8.52. The van der Waals surface area contributed by atoms with Crippen LogP contribution < -0.4 is 15.9 Å². The van der Waals surface area contributed by atoms with E-state index in [9.17, 15) is 0 Å². The maximum Gasteiger partial charge on any atom is 0.499 e. The number of halogens is 2. The van der Waals surface area contributed by atoms with Crippen LogP contribution in [-0.4, -0.2) is 25.9 Å². The number of hydrogen-bond acceptors (Lipinski definition) is 4. The molecule has 0 radical (unpaired) electrons. The summed E-state index contributed by atoms with van der Waals surface area (Å²) < 4.78 is 18.7. The summed E-state index contributed by atoms with van der Waals surface area (Å²) in [6.07, 6.45) is -0.142. The van der Waals surface area contributed by atoms with Gasteiger partial charge >= 0.3 is 7.12 Å². The Morgan fingerprint density at radius 1 is 1.47 bits per heavy atom. The first-order valence-electron chi connectivity index (χ1n) is 6.00. The third kappa shape index (κ3) is 2.52. The summed E-state index contributed by atoms with van der Waals surface area (Å²) in [5, 5.41) is 0. The van der Waals surface area contributed by atoms with Crippen molar-refractivity contribution < 1.29 is 14.0 Å². The molecule has 0 aromatic heterocycles. The van der Waals surface area contributed by atoms with Crippen LogP contribution >= 0.6 is 28.3 Å². The molecule has 2 heterocycles. The number of ether oxygens (including phenoxy) is 1. The van der Waals surface area contributed by atoms with E-state index in [0.717, 1.165) is 21.2 Å². The second kappa shape index (κ2) is 5.26. The van der Waals surface area contributed by atoms with Crippen LogP contribution in [0.4, 0.5) is 0 Å². The summed E-state index contributed by atoms with van der Waals surface area (Å²) >= 11 is 3.55. The minimum atomic E-state index is -0.390. The lowest BCUT2D eigenvalue weighted by Crippen LogP contribution is -2.40. The van der Waals surface area contributed by atoms with E-state index in [0.29, 0.717) is 13.2 Å². The third-order valence-electron chi connectivity index (χ3n) is 3.25. The van der Waals surface area contributed by atoms with Crippen molar-refractivity contribution in [3.05, 3.63) is 22.2 Å². The van der Waals surface area contributed by atoms with E-state index in [1.165, 1.54) is 0 Å². The van der Waals surface area contributed by atoms with E-state index in [1.54, 1.807) is 0 Å². The summed E-state index contributed by atoms with van der Waals surface area (Å²) in [6, 6.07) is 3.92. The second-order valence-corrected chi connectivity index (χ2v) is 6.09. The molecule has 7 heteroatoms. The normalized spacial score (nSPS) is 23.2. The largest absolute Gasteiger partial charge is 0.499 e. The Morgan fingerprint density at radius 3 is 2.89 bits per heavy atom. The Morgan fingerprint density at radius 2 is 2.21 bits per heavy atom. The van der Waals surface area contributed by atoms with E-state index in [-0.39, 0.29) is 24.1 Å². The predicted molar refractivity (Wildman–Crippen MR) is 80.3 cm³/mol. The van der Waals surface area contributed by atoms with Gasteiger partial charge in [-0.1, -0.05) is 15.9 Å². The quantitative estimate of drug-likeness (QED) is 0.786. The van der Waals surface area contributed by atoms with E-state index < -0.39 is 7.12 Å². The molecule has 0 unspecified atom stereocenters. The first kappa shape index (κ1) is 15.1. The maximum absolute atomic E-state index is 5.99. The summed E-state index contributed by atoms with van der Waals surface area (Å²) in [7, 11) is -0.390. The standard InChI is InChI=1S/C12H15BBrNO3.ClH/c1-12(2)6-16-8-4-3-7(14)10-9(5-15)17-13(18-12)11(8)10;/h3-4,9H,5-6,15H2,1-2H3;1H/t9-;/m1./s1.